The molecule has 0 saturated heterocycles. The molecule has 1 N–H and O–H groups in total. The molecule has 0 amide bonds. The summed E-state index contributed by atoms with van der Waals surface area (Å²) in [5.41, 5.74) is 0.433. The maximum absolute atomic E-state index is 12.7. The minimum Gasteiger partial charge on any atom is -0.389 e. The predicted octanol–water partition coefficient (Wildman–Crippen LogP) is 3.19. The second kappa shape index (κ2) is 3.60. The van der Waals surface area contributed by atoms with E-state index in [9.17, 15) is 4.39 Å². The van der Waals surface area contributed by atoms with E-state index in [1.807, 2.05) is 0 Å². The molecule has 0 aliphatic carbocycles. The van der Waals surface area contributed by atoms with Crippen molar-refractivity contribution in [3.8, 4) is 0 Å². The van der Waals surface area contributed by atoms with Crippen molar-refractivity contribution >= 4 is 23.2 Å². The van der Waals surface area contributed by atoms with Gasteiger partial charge in [0, 0.05) is 10.6 Å². The Morgan fingerprint density at radius 1 is 1.33 bits per heavy atom. The molecule has 1 aromatic carbocycles. The van der Waals surface area contributed by atoms with E-state index in [0.29, 0.717) is 5.56 Å². The molecule has 0 aromatic heterocycles. The van der Waals surface area contributed by atoms with Crippen LogP contribution in [0.1, 0.15) is 18.6 Å². The first-order valence-electron chi connectivity index (χ1n) is 3.35. The molecule has 0 bridgehead atoms. The third-order valence-corrected chi connectivity index (χ3v) is 2.11. The van der Waals surface area contributed by atoms with Crippen LogP contribution in [0.3, 0.4) is 0 Å². The zero-order valence-corrected chi connectivity index (χ0v) is 7.83. The molecule has 66 valence electrons. The number of halogens is 3. The van der Waals surface area contributed by atoms with E-state index < -0.39 is 11.9 Å². The molecule has 1 rings (SSSR count). The van der Waals surface area contributed by atoms with Gasteiger partial charge in [-0.2, -0.15) is 0 Å². The number of hydrogen-bond donors (Lipinski definition) is 1. The lowest BCUT2D eigenvalue weighted by molar-refractivity contribution is 0.199. The molecule has 12 heavy (non-hydrogen) atoms. The van der Waals surface area contributed by atoms with Crippen LogP contribution in [0.4, 0.5) is 4.39 Å². The topological polar surface area (TPSA) is 20.2 Å². The van der Waals surface area contributed by atoms with Crippen molar-refractivity contribution in [1.82, 2.24) is 0 Å². The summed E-state index contributed by atoms with van der Waals surface area (Å²) in [6.45, 7) is 1.54. The second-order valence-corrected chi connectivity index (χ2v) is 3.28. The van der Waals surface area contributed by atoms with E-state index in [1.54, 1.807) is 0 Å². The van der Waals surface area contributed by atoms with Gasteiger partial charge in [0.25, 0.3) is 0 Å². The van der Waals surface area contributed by atoms with Crippen LogP contribution >= 0.6 is 23.2 Å². The number of aliphatic hydroxyl groups is 1. The molecule has 1 nitrogen and oxygen atoms in total. The van der Waals surface area contributed by atoms with Gasteiger partial charge in [-0.3, -0.25) is 0 Å². The summed E-state index contributed by atoms with van der Waals surface area (Å²) in [6, 6.07) is 2.41. The van der Waals surface area contributed by atoms with Gasteiger partial charge in [-0.15, -0.1) is 0 Å². The van der Waals surface area contributed by atoms with Gasteiger partial charge in [0.15, 0.2) is 0 Å². The zero-order valence-electron chi connectivity index (χ0n) is 6.31. The van der Waals surface area contributed by atoms with E-state index >= 15 is 0 Å². The van der Waals surface area contributed by atoms with Gasteiger partial charge in [-0.25, -0.2) is 4.39 Å². The van der Waals surface area contributed by atoms with E-state index in [2.05, 4.69) is 0 Å². The summed E-state index contributed by atoms with van der Waals surface area (Å²) in [4.78, 5) is 0. The van der Waals surface area contributed by atoms with Gasteiger partial charge < -0.3 is 5.11 Å². The first-order chi connectivity index (χ1) is 5.52. The smallest absolute Gasteiger partial charge is 0.143 e. The zero-order chi connectivity index (χ0) is 9.30. The Bertz CT molecular complexity index is 299. The summed E-state index contributed by atoms with van der Waals surface area (Å²) >= 11 is 11.1. The standard InChI is InChI=1S/C8H7Cl2FO/c1-4(12)5-2-7(10)8(11)3-6(5)9/h2-4,12H,1H3. The average Bonchev–Trinajstić information content (AvgIpc) is 1.96. The average molecular weight is 209 g/mol. The summed E-state index contributed by atoms with van der Waals surface area (Å²) in [5, 5.41) is 9.31. The molecule has 0 aliphatic rings. The molecule has 0 aliphatic heterocycles. The van der Waals surface area contributed by atoms with Gasteiger partial charge in [-0.05, 0) is 19.1 Å². The molecular weight excluding hydrogens is 202 g/mol. The third-order valence-electron chi connectivity index (χ3n) is 1.49. The Morgan fingerprint density at radius 3 is 2.42 bits per heavy atom. The second-order valence-electron chi connectivity index (χ2n) is 2.46. The van der Waals surface area contributed by atoms with Crippen molar-refractivity contribution in [3.63, 3.8) is 0 Å². The molecule has 0 heterocycles. The van der Waals surface area contributed by atoms with Gasteiger partial charge in [0.05, 0.1) is 11.1 Å². The van der Waals surface area contributed by atoms with Crippen molar-refractivity contribution in [2.75, 3.05) is 0 Å². The highest BCUT2D eigenvalue weighted by Gasteiger charge is 2.10. The van der Waals surface area contributed by atoms with Crippen molar-refractivity contribution in [2.45, 2.75) is 13.0 Å². The maximum Gasteiger partial charge on any atom is 0.143 e. The van der Waals surface area contributed by atoms with E-state index in [1.165, 1.54) is 13.0 Å². The summed E-state index contributed by atoms with van der Waals surface area (Å²) < 4.78 is 12.7. The summed E-state index contributed by atoms with van der Waals surface area (Å²) in [6.07, 6.45) is -0.740. The molecule has 1 atom stereocenters. The van der Waals surface area contributed by atoms with Gasteiger partial charge in [-0.1, -0.05) is 23.2 Å². The lowest BCUT2D eigenvalue weighted by atomic mass is 10.1. The summed E-state index contributed by atoms with van der Waals surface area (Å²) in [5.74, 6) is -0.578. The SMILES string of the molecule is CC(O)c1cc(Cl)c(F)cc1Cl. The Kier molecular flexibility index (Phi) is 2.94. The van der Waals surface area contributed by atoms with Crippen molar-refractivity contribution in [1.29, 1.82) is 0 Å². The Hall–Kier alpha value is -0.310. The van der Waals surface area contributed by atoms with Crippen LogP contribution in [-0.2, 0) is 0 Å². The van der Waals surface area contributed by atoms with E-state index in [-0.39, 0.29) is 10.0 Å². The van der Waals surface area contributed by atoms with Crippen LogP contribution in [0.2, 0.25) is 10.0 Å². The summed E-state index contributed by atoms with van der Waals surface area (Å²) in [7, 11) is 0. The maximum atomic E-state index is 12.7. The lowest BCUT2D eigenvalue weighted by Crippen LogP contribution is -1.93. The van der Waals surface area contributed by atoms with Gasteiger partial charge in [0.1, 0.15) is 5.82 Å². The Labute approximate surface area is 79.7 Å². The van der Waals surface area contributed by atoms with Crippen LogP contribution in [0, 0.1) is 5.82 Å². The number of rotatable bonds is 1. The number of hydrogen-bond acceptors (Lipinski definition) is 1. The van der Waals surface area contributed by atoms with Crippen LogP contribution in [0.5, 0.6) is 0 Å². The molecule has 0 radical (unpaired) electrons. The highest BCUT2D eigenvalue weighted by molar-refractivity contribution is 6.33. The molecule has 1 unspecified atom stereocenters. The van der Waals surface area contributed by atoms with Crippen LogP contribution in [-0.4, -0.2) is 5.11 Å². The third kappa shape index (κ3) is 1.89. The molecule has 4 heteroatoms. The lowest BCUT2D eigenvalue weighted by Gasteiger charge is -2.07. The van der Waals surface area contributed by atoms with Crippen molar-refractivity contribution < 1.29 is 9.50 Å². The monoisotopic (exact) mass is 208 g/mol. The van der Waals surface area contributed by atoms with E-state index in [4.69, 9.17) is 28.3 Å². The fourth-order valence-electron chi connectivity index (χ4n) is 0.858. The van der Waals surface area contributed by atoms with E-state index in [0.717, 1.165) is 6.07 Å². The van der Waals surface area contributed by atoms with Crippen LogP contribution in [0.15, 0.2) is 12.1 Å². The van der Waals surface area contributed by atoms with Gasteiger partial charge >= 0.3 is 0 Å². The minimum atomic E-state index is -0.740. The molecule has 1 aromatic rings. The highest BCUT2D eigenvalue weighted by Crippen LogP contribution is 2.28. The fourth-order valence-corrected chi connectivity index (χ4v) is 1.34. The first kappa shape index (κ1) is 9.78. The Balaban J connectivity index is 3.23. The van der Waals surface area contributed by atoms with Crippen LogP contribution < -0.4 is 0 Å². The quantitative estimate of drug-likeness (QED) is 0.704. The Morgan fingerprint density at radius 2 is 1.92 bits per heavy atom. The predicted molar refractivity (Wildman–Crippen MR) is 47.1 cm³/mol. The normalized spacial score (nSPS) is 13.1. The van der Waals surface area contributed by atoms with Crippen molar-refractivity contribution in [3.05, 3.63) is 33.6 Å². The molecule has 0 fully saturated rings. The van der Waals surface area contributed by atoms with Crippen LogP contribution in [0.25, 0.3) is 0 Å². The largest absolute Gasteiger partial charge is 0.389 e. The highest BCUT2D eigenvalue weighted by atomic mass is 35.5. The minimum absolute atomic E-state index is 0.0321. The van der Waals surface area contributed by atoms with Gasteiger partial charge in [0.2, 0.25) is 0 Å². The number of aliphatic hydroxyl groups excluding tert-OH is 1. The first-order valence-corrected chi connectivity index (χ1v) is 4.10. The fraction of sp³-hybridized carbons (Fsp3) is 0.250. The molecule has 0 saturated carbocycles. The molecule has 0 spiro atoms. The number of benzene rings is 1. The van der Waals surface area contributed by atoms with Crippen molar-refractivity contribution in [2.24, 2.45) is 0 Å². The molecular formula is C8H7Cl2FO.